The van der Waals surface area contributed by atoms with Crippen LogP contribution >= 0.6 is 0 Å². The first kappa shape index (κ1) is 12.4. The van der Waals surface area contributed by atoms with E-state index in [-0.39, 0.29) is 5.56 Å². The molecule has 1 rings (SSSR count). The normalized spacial score (nSPS) is 10.9. The monoisotopic (exact) mass is 224 g/mol. The fraction of sp³-hybridized carbons (Fsp3) is 0.250. The third kappa shape index (κ3) is 4.21. The van der Waals surface area contributed by atoms with Crippen LogP contribution in [0.2, 0.25) is 0 Å². The molecule has 1 aromatic carbocycles. The largest absolute Gasteiger partial charge is 0.395 e. The Labute approximate surface area is 93.2 Å². The van der Waals surface area contributed by atoms with Gasteiger partial charge in [0.25, 0.3) is 6.43 Å². The van der Waals surface area contributed by atoms with Crippen LogP contribution in [0.4, 0.5) is 8.78 Å². The average molecular weight is 224 g/mol. The van der Waals surface area contributed by atoms with Crippen molar-refractivity contribution in [3.8, 4) is 0 Å². The van der Waals surface area contributed by atoms with Gasteiger partial charge in [0.2, 0.25) is 0 Å². The predicted molar refractivity (Wildman–Crippen MR) is 58.7 cm³/mol. The number of halogens is 2. The number of hydrogen-bond donors (Lipinski definition) is 0. The van der Waals surface area contributed by atoms with Gasteiger partial charge in [0.1, 0.15) is 12.8 Å². The highest BCUT2D eigenvalue weighted by atomic mass is 19.3. The molecule has 0 unspecified atom stereocenters. The highest BCUT2D eigenvalue weighted by Crippen LogP contribution is 2.18. The van der Waals surface area contributed by atoms with Gasteiger partial charge < -0.3 is 4.84 Å². The van der Waals surface area contributed by atoms with Crippen molar-refractivity contribution in [1.29, 1.82) is 0 Å². The summed E-state index contributed by atoms with van der Waals surface area (Å²) >= 11 is 0. The lowest BCUT2D eigenvalue weighted by Gasteiger charge is -1.98. The van der Waals surface area contributed by atoms with Crippen molar-refractivity contribution in [2.45, 2.75) is 12.8 Å². The second kappa shape index (κ2) is 6.71. The summed E-state index contributed by atoms with van der Waals surface area (Å²) in [5.41, 5.74) is 0.584. The van der Waals surface area contributed by atoms with Gasteiger partial charge in [-0.05, 0) is 0 Å². The third-order valence-corrected chi connectivity index (χ3v) is 1.82. The molecule has 0 heterocycles. The number of alkyl halides is 2. The van der Waals surface area contributed by atoms with Crippen LogP contribution in [0.5, 0.6) is 0 Å². The van der Waals surface area contributed by atoms with Crippen molar-refractivity contribution in [3.63, 3.8) is 0 Å². The Morgan fingerprint density at radius 1 is 1.38 bits per heavy atom. The van der Waals surface area contributed by atoms with Crippen molar-refractivity contribution in [2.75, 3.05) is 6.61 Å². The molecule has 0 N–H and O–H groups in total. The van der Waals surface area contributed by atoms with E-state index >= 15 is 0 Å². The van der Waals surface area contributed by atoms with Crippen molar-refractivity contribution in [2.24, 2.45) is 5.16 Å². The molecule has 0 aliphatic carbocycles. The predicted octanol–water partition coefficient (Wildman–Crippen LogP) is 3.43. The first-order valence-electron chi connectivity index (χ1n) is 4.81. The molecule has 0 aliphatic heterocycles. The molecule has 0 amide bonds. The van der Waals surface area contributed by atoms with E-state index in [9.17, 15) is 8.78 Å². The van der Waals surface area contributed by atoms with E-state index in [0.29, 0.717) is 18.6 Å². The van der Waals surface area contributed by atoms with Crippen LogP contribution in [0.25, 0.3) is 0 Å². The molecule has 1 aromatic rings. The lowest BCUT2D eigenvalue weighted by atomic mass is 10.1. The molecule has 0 atom stereocenters. The van der Waals surface area contributed by atoms with E-state index in [2.05, 4.69) is 17.9 Å². The van der Waals surface area contributed by atoms with Gasteiger partial charge in [-0.15, -0.1) is 6.58 Å². The zero-order chi connectivity index (χ0) is 11.8. The van der Waals surface area contributed by atoms with Crippen molar-refractivity contribution in [3.05, 3.63) is 48.0 Å². The number of rotatable bonds is 6. The first-order chi connectivity index (χ1) is 7.74. The van der Waals surface area contributed by atoms with Gasteiger partial charge in [0.05, 0.1) is 0 Å². The standard InChI is InChI=1S/C12H12F2NO/c1-2-3-8-16-15-9-10-4-6-11(7-5-10)12(13)14/h2,4-7,12H,1,3,8H2. The summed E-state index contributed by atoms with van der Waals surface area (Å²) in [7, 11) is 0. The lowest BCUT2D eigenvalue weighted by Crippen LogP contribution is -1.88. The molecule has 0 saturated carbocycles. The Bertz CT molecular complexity index is 347. The van der Waals surface area contributed by atoms with Gasteiger partial charge >= 0.3 is 0 Å². The fourth-order valence-electron chi connectivity index (χ4n) is 0.970. The van der Waals surface area contributed by atoms with E-state index in [1.807, 2.05) is 0 Å². The number of hydrogen-bond acceptors (Lipinski definition) is 2. The summed E-state index contributed by atoms with van der Waals surface area (Å²) < 4.78 is 24.4. The van der Waals surface area contributed by atoms with E-state index < -0.39 is 6.43 Å². The van der Waals surface area contributed by atoms with Gasteiger partial charge in [0, 0.05) is 17.5 Å². The maximum atomic E-state index is 12.2. The maximum Gasteiger partial charge on any atom is 0.263 e. The Balaban J connectivity index is 2.45. The fourth-order valence-corrected chi connectivity index (χ4v) is 0.970. The van der Waals surface area contributed by atoms with Crippen LogP contribution in [0.15, 0.2) is 42.1 Å². The molecule has 0 fully saturated rings. The quantitative estimate of drug-likeness (QED) is 0.314. The Morgan fingerprint density at radius 3 is 2.62 bits per heavy atom. The Morgan fingerprint density at radius 2 is 2.06 bits per heavy atom. The van der Waals surface area contributed by atoms with Crippen LogP contribution in [0.1, 0.15) is 24.0 Å². The summed E-state index contributed by atoms with van der Waals surface area (Å²) in [6.45, 7) is 3.97. The van der Waals surface area contributed by atoms with Gasteiger partial charge in [-0.2, -0.15) is 0 Å². The molecule has 0 spiro atoms. The molecule has 0 saturated heterocycles. The average Bonchev–Trinajstić information content (AvgIpc) is 2.29. The summed E-state index contributed by atoms with van der Waals surface area (Å²) in [5, 5.41) is 3.57. The molecular weight excluding hydrogens is 212 g/mol. The first-order valence-corrected chi connectivity index (χ1v) is 4.81. The number of benzene rings is 1. The maximum absolute atomic E-state index is 12.2. The van der Waals surface area contributed by atoms with Gasteiger partial charge in [-0.25, -0.2) is 8.78 Å². The van der Waals surface area contributed by atoms with Crippen LogP contribution in [0, 0.1) is 0 Å². The summed E-state index contributed by atoms with van der Waals surface area (Å²) in [6, 6.07) is 5.71. The van der Waals surface area contributed by atoms with Crippen LogP contribution in [-0.2, 0) is 4.84 Å². The van der Waals surface area contributed by atoms with Crippen LogP contribution in [0.3, 0.4) is 0 Å². The molecule has 16 heavy (non-hydrogen) atoms. The zero-order valence-electron chi connectivity index (χ0n) is 8.70. The van der Waals surface area contributed by atoms with Crippen molar-refractivity contribution < 1.29 is 13.6 Å². The van der Waals surface area contributed by atoms with E-state index in [1.165, 1.54) is 24.3 Å². The van der Waals surface area contributed by atoms with Gasteiger partial charge in [-0.3, -0.25) is 0 Å². The molecular formula is C12H12F2NO. The third-order valence-electron chi connectivity index (χ3n) is 1.82. The Kier molecular flexibility index (Phi) is 5.19. The highest BCUT2D eigenvalue weighted by Gasteiger charge is 2.04. The van der Waals surface area contributed by atoms with Crippen LogP contribution < -0.4 is 0 Å². The molecule has 85 valence electrons. The van der Waals surface area contributed by atoms with Gasteiger partial charge in [0.15, 0.2) is 0 Å². The van der Waals surface area contributed by atoms with Crippen molar-refractivity contribution >= 4 is 6.21 Å². The van der Waals surface area contributed by atoms with Crippen LogP contribution in [-0.4, -0.2) is 12.8 Å². The molecule has 0 aromatic heterocycles. The zero-order valence-corrected chi connectivity index (χ0v) is 8.70. The summed E-state index contributed by atoms with van der Waals surface area (Å²) in [5.74, 6) is 0. The second-order valence-electron chi connectivity index (χ2n) is 3.04. The van der Waals surface area contributed by atoms with Crippen molar-refractivity contribution in [1.82, 2.24) is 0 Å². The minimum absolute atomic E-state index is 0.0156. The molecule has 2 nitrogen and oxygen atoms in total. The SMILES string of the molecule is C=CCCON=[C]c1ccc(C(F)F)cc1. The minimum Gasteiger partial charge on any atom is -0.395 e. The van der Waals surface area contributed by atoms with E-state index in [1.54, 1.807) is 6.08 Å². The van der Waals surface area contributed by atoms with E-state index in [0.717, 1.165) is 0 Å². The summed E-state index contributed by atoms with van der Waals surface area (Å²) in [4.78, 5) is 4.85. The Hall–Kier alpha value is -1.71. The smallest absolute Gasteiger partial charge is 0.263 e. The molecule has 0 aliphatic rings. The van der Waals surface area contributed by atoms with E-state index in [4.69, 9.17) is 4.84 Å². The van der Waals surface area contributed by atoms with Gasteiger partial charge in [-0.1, -0.05) is 35.5 Å². The minimum atomic E-state index is -2.45. The number of nitrogens with zero attached hydrogens (tertiary/aromatic N) is 1. The lowest BCUT2D eigenvalue weighted by molar-refractivity contribution is 0.151. The molecule has 0 bridgehead atoms. The highest BCUT2D eigenvalue weighted by molar-refractivity contribution is 5.79. The molecule has 1 radical (unpaired) electrons. The summed E-state index contributed by atoms with van der Waals surface area (Å²) in [6.07, 6.45) is 2.56. The topological polar surface area (TPSA) is 21.6 Å². The molecule has 4 heteroatoms. The second-order valence-corrected chi connectivity index (χ2v) is 3.04.